The van der Waals surface area contributed by atoms with Crippen LogP contribution in [0.25, 0.3) is 16.7 Å². The van der Waals surface area contributed by atoms with Gasteiger partial charge in [0.2, 0.25) is 0 Å². The minimum absolute atomic E-state index is 0.0886. The van der Waals surface area contributed by atoms with Gasteiger partial charge in [0, 0.05) is 30.5 Å². The van der Waals surface area contributed by atoms with Crippen molar-refractivity contribution in [2.75, 3.05) is 51.5 Å². The van der Waals surface area contributed by atoms with Gasteiger partial charge in [-0.3, -0.25) is 4.90 Å². The summed E-state index contributed by atoms with van der Waals surface area (Å²) >= 11 is 0. The minimum Gasteiger partial charge on any atom is -0.467 e. The lowest BCUT2D eigenvalue weighted by Gasteiger charge is -2.43. The van der Waals surface area contributed by atoms with Gasteiger partial charge in [0.15, 0.2) is 5.82 Å². The lowest BCUT2D eigenvalue weighted by Crippen LogP contribution is -2.55. The molecule has 2 aromatic heterocycles. The van der Waals surface area contributed by atoms with Crippen molar-refractivity contribution in [3.63, 3.8) is 0 Å². The molecule has 0 amide bonds. The Morgan fingerprint density at radius 3 is 2.61 bits per heavy atom. The second-order valence-corrected chi connectivity index (χ2v) is 10.5. The molecule has 0 saturated carbocycles. The first-order valence-electron chi connectivity index (χ1n) is 12.9. The van der Waals surface area contributed by atoms with E-state index < -0.39 is 6.10 Å². The highest BCUT2D eigenvalue weighted by Crippen LogP contribution is 2.36. The lowest BCUT2D eigenvalue weighted by atomic mass is 9.83. The van der Waals surface area contributed by atoms with Crippen molar-refractivity contribution < 1.29 is 19.3 Å². The van der Waals surface area contributed by atoms with Crippen LogP contribution >= 0.6 is 0 Å². The Bertz CT molecular complexity index is 1290. The molecular formula is C26H32N6O4. The van der Waals surface area contributed by atoms with Crippen molar-refractivity contribution in [3.8, 4) is 11.8 Å². The zero-order valence-corrected chi connectivity index (χ0v) is 20.7. The average Bonchev–Trinajstić information content (AvgIpc) is 3.58. The zero-order chi connectivity index (χ0) is 24.4. The molecule has 0 aliphatic carbocycles. The van der Waals surface area contributed by atoms with Gasteiger partial charge in [-0.15, -0.1) is 0 Å². The number of rotatable bonds is 5. The second-order valence-electron chi connectivity index (χ2n) is 10.5. The minimum atomic E-state index is -0.412. The summed E-state index contributed by atoms with van der Waals surface area (Å²) in [7, 11) is 1.59. The van der Waals surface area contributed by atoms with Crippen molar-refractivity contribution in [2.45, 2.75) is 50.0 Å². The topological polar surface area (TPSA) is 98.0 Å². The molecule has 7 rings (SSSR count). The number of β-amino-alcohol motifs (C(OH)–C–C–N with tert-alkyl or cyclic N) is 1. The van der Waals surface area contributed by atoms with Crippen LogP contribution in [0.15, 0.2) is 24.4 Å². The van der Waals surface area contributed by atoms with Gasteiger partial charge in [-0.2, -0.15) is 15.1 Å². The summed E-state index contributed by atoms with van der Waals surface area (Å²) in [5.74, 6) is 1.60. The second kappa shape index (κ2) is 8.65. The van der Waals surface area contributed by atoms with Crippen LogP contribution in [-0.2, 0) is 9.47 Å². The molecular weight excluding hydrogens is 460 g/mol. The van der Waals surface area contributed by atoms with Gasteiger partial charge in [-0.1, -0.05) is 0 Å². The van der Waals surface area contributed by atoms with Crippen molar-refractivity contribution in [1.82, 2.24) is 24.6 Å². The van der Waals surface area contributed by atoms with Crippen LogP contribution in [0.5, 0.6) is 6.01 Å². The van der Waals surface area contributed by atoms with Crippen molar-refractivity contribution in [2.24, 2.45) is 0 Å². The molecule has 10 heteroatoms. The summed E-state index contributed by atoms with van der Waals surface area (Å²) in [6.07, 6.45) is 3.69. The normalized spacial score (nSPS) is 28.7. The smallest absolute Gasteiger partial charge is 0.320 e. The first-order chi connectivity index (χ1) is 17.6. The van der Waals surface area contributed by atoms with E-state index in [1.807, 2.05) is 16.9 Å². The number of likely N-dealkylation sites (tertiary alicyclic amines) is 1. The first kappa shape index (κ1) is 22.4. The molecule has 190 valence electrons. The van der Waals surface area contributed by atoms with Crippen molar-refractivity contribution >= 4 is 16.7 Å². The molecule has 0 spiro atoms. The molecule has 1 N–H and O–H groups in total. The van der Waals surface area contributed by atoms with Gasteiger partial charge in [0.1, 0.15) is 5.82 Å². The molecule has 4 fully saturated rings. The van der Waals surface area contributed by atoms with Gasteiger partial charge in [-0.25, -0.2) is 4.68 Å². The maximum atomic E-state index is 11.1. The molecule has 0 unspecified atom stereocenters. The third kappa shape index (κ3) is 3.66. The highest BCUT2D eigenvalue weighted by molar-refractivity contribution is 5.82. The average molecular weight is 493 g/mol. The van der Waals surface area contributed by atoms with Crippen LogP contribution in [-0.4, -0.2) is 101 Å². The molecule has 4 saturated heterocycles. The molecule has 10 nitrogen and oxygen atoms in total. The van der Waals surface area contributed by atoms with Gasteiger partial charge >= 0.3 is 6.01 Å². The third-order valence-corrected chi connectivity index (χ3v) is 8.38. The molecule has 4 aliphatic heterocycles. The van der Waals surface area contributed by atoms with Crippen LogP contribution in [0.3, 0.4) is 0 Å². The molecule has 2 bridgehead atoms. The number of aliphatic hydroxyl groups is 1. The summed E-state index contributed by atoms with van der Waals surface area (Å²) in [5.41, 5.74) is 3.33. The number of ether oxygens (including phenoxy) is 3. The maximum absolute atomic E-state index is 11.1. The number of nitrogens with zero attached hydrogens (tertiary/aromatic N) is 6. The van der Waals surface area contributed by atoms with E-state index in [-0.39, 0.29) is 12.0 Å². The predicted octanol–water partition coefficient (Wildman–Crippen LogP) is 1.66. The quantitative estimate of drug-likeness (QED) is 0.570. The number of methoxy groups -OCH3 is 1. The number of aromatic nitrogens is 4. The van der Waals surface area contributed by atoms with Crippen molar-refractivity contribution in [1.29, 1.82) is 0 Å². The fourth-order valence-electron chi connectivity index (χ4n) is 6.30. The van der Waals surface area contributed by atoms with E-state index in [1.165, 1.54) is 11.1 Å². The SMILES string of the molecule is COc1nc(N2C[C@H]3C[C@@H]2CO3)cc(-n2ncc3cc(C)c([C@@H]4CCN(C5COC5)C[C@@H]4O)cc32)n1. The standard InChI is InChI=1S/C26H32N6O4/c1-15-5-16-9-27-32(22(16)7-21(15)20-3-4-30(11-23(20)33)18-12-35-13-18)25-8-24(28-26(29-25)34-2)31-10-19-6-17(31)14-36-19/h5,7-9,17-20,23,33H,3-4,6,10-14H2,1-2H3/t17-,19-,20+,23+/m1/s1. The summed E-state index contributed by atoms with van der Waals surface area (Å²) in [4.78, 5) is 13.9. The summed E-state index contributed by atoms with van der Waals surface area (Å²) in [6, 6.07) is 7.46. The van der Waals surface area contributed by atoms with E-state index >= 15 is 0 Å². The van der Waals surface area contributed by atoms with E-state index in [2.05, 4.69) is 38.8 Å². The van der Waals surface area contributed by atoms with Gasteiger partial charge in [0.05, 0.1) is 62.9 Å². The number of aryl methyl sites for hydroxylation is 1. The number of fused-ring (bicyclic) bond motifs is 3. The highest BCUT2D eigenvalue weighted by Gasteiger charge is 2.40. The van der Waals surface area contributed by atoms with E-state index in [0.29, 0.717) is 30.5 Å². The zero-order valence-electron chi connectivity index (χ0n) is 20.7. The van der Waals surface area contributed by atoms with Crippen LogP contribution in [0, 0.1) is 6.92 Å². The molecule has 1 aromatic carbocycles. The van der Waals surface area contributed by atoms with Crippen molar-refractivity contribution in [3.05, 3.63) is 35.5 Å². The Balaban J connectivity index is 1.24. The maximum Gasteiger partial charge on any atom is 0.320 e. The summed E-state index contributed by atoms with van der Waals surface area (Å²) in [5, 5.41) is 16.9. The Kier molecular flexibility index (Phi) is 5.39. The number of benzene rings is 1. The van der Waals surface area contributed by atoms with Gasteiger partial charge in [-0.05, 0) is 49.6 Å². The van der Waals surface area contributed by atoms with E-state index in [4.69, 9.17) is 19.3 Å². The number of morpholine rings is 1. The number of piperidine rings is 1. The molecule has 6 heterocycles. The molecule has 3 aromatic rings. The van der Waals surface area contributed by atoms with Gasteiger partial charge < -0.3 is 24.2 Å². The highest BCUT2D eigenvalue weighted by atomic mass is 16.5. The molecule has 0 radical (unpaired) electrons. The van der Waals surface area contributed by atoms with Gasteiger partial charge in [0.25, 0.3) is 0 Å². The Morgan fingerprint density at radius 2 is 1.92 bits per heavy atom. The van der Waals surface area contributed by atoms with Crippen LogP contribution in [0.4, 0.5) is 5.82 Å². The first-order valence-corrected chi connectivity index (χ1v) is 12.9. The van der Waals surface area contributed by atoms with E-state index in [1.54, 1.807) is 7.11 Å². The lowest BCUT2D eigenvalue weighted by molar-refractivity contribution is -0.0888. The summed E-state index contributed by atoms with van der Waals surface area (Å²) < 4.78 is 18.5. The number of hydrogen-bond donors (Lipinski definition) is 1. The van der Waals surface area contributed by atoms with E-state index in [0.717, 1.165) is 62.5 Å². The fraction of sp³-hybridized carbons (Fsp3) is 0.577. The Hall–Kier alpha value is -2.79. The number of aliphatic hydroxyl groups excluding tert-OH is 1. The molecule has 4 atom stereocenters. The Labute approximate surface area is 209 Å². The van der Waals surface area contributed by atoms with E-state index in [9.17, 15) is 5.11 Å². The largest absolute Gasteiger partial charge is 0.467 e. The molecule has 36 heavy (non-hydrogen) atoms. The fourth-order valence-corrected chi connectivity index (χ4v) is 6.30. The summed E-state index contributed by atoms with van der Waals surface area (Å²) in [6.45, 7) is 6.90. The Morgan fingerprint density at radius 1 is 1.06 bits per heavy atom. The monoisotopic (exact) mass is 492 g/mol. The van der Waals surface area contributed by atoms with Crippen LogP contribution < -0.4 is 9.64 Å². The molecule has 4 aliphatic rings. The van der Waals surface area contributed by atoms with Crippen LogP contribution in [0.2, 0.25) is 0 Å². The predicted molar refractivity (Wildman–Crippen MR) is 133 cm³/mol. The van der Waals surface area contributed by atoms with Crippen LogP contribution in [0.1, 0.15) is 29.9 Å². The third-order valence-electron chi connectivity index (χ3n) is 8.38. The number of anilines is 1. The number of hydrogen-bond acceptors (Lipinski definition) is 9.